The van der Waals surface area contributed by atoms with Crippen molar-refractivity contribution >= 4 is 47.2 Å². The minimum Gasteiger partial charge on any atom is -0.392 e. The van der Waals surface area contributed by atoms with E-state index < -0.39 is 0 Å². The Balaban J connectivity index is 1.96. The minimum absolute atomic E-state index is 0.0552. The van der Waals surface area contributed by atoms with Gasteiger partial charge in [-0.2, -0.15) is 5.53 Å². The third kappa shape index (κ3) is 6.73. The molecule has 0 saturated heterocycles. The van der Waals surface area contributed by atoms with E-state index in [9.17, 15) is 5.11 Å². The van der Waals surface area contributed by atoms with Gasteiger partial charge in [0.2, 0.25) is 0 Å². The highest BCUT2D eigenvalue weighted by atomic mass is 35.5. The Bertz CT molecular complexity index is 1100. The van der Waals surface area contributed by atoms with Crippen molar-refractivity contribution in [2.45, 2.75) is 37.3 Å². The van der Waals surface area contributed by atoms with E-state index in [-0.39, 0.29) is 12.6 Å². The third-order valence-electron chi connectivity index (χ3n) is 5.44. The fraction of sp³-hybridized carbons (Fsp3) is 0.240. The Morgan fingerprint density at radius 2 is 1.74 bits per heavy atom. The Kier molecular flexibility index (Phi) is 9.77. The number of halogens is 2. The van der Waals surface area contributed by atoms with Gasteiger partial charge in [0.05, 0.1) is 18.3 Å². The van der Waals surface area contributed by atoms with Crippen molar-refractivity contribution in [1.82, 2.24) is 5.01 Å². The van der Waals surface area contributed by atoms with Crippen LogP contribution in [0.3, 0.4) is 0 Å². The highest BCUT2D eigenvalue weighted by molar-refractivity contribution is 8.00. The topological polar surface area (TPSA) is 86.8 Å². The maximum absolute atomic E-state index is 10.0. The standard InChI is InChI=1S/C25H27Cl2N5OS/c1-18(24-7-3-2-5-19(24)6-4-14-31(17-28)30-29)32(34-23-12-10-21(26)11-13-23)25-15-22(27)9-8-20(25)16-33/h2-3,5,7-13,15,17-18,28-29,33H,4,6,14,16H2,1H3. The molecule has 1 unspecified atom stereocenters. The largest absolute Gasteiger partial charge is 0.392 e. The molecule has 0 fully saturated rings. The molecule has 6 nitrogen and oxygen atoms in total. The molecule has 3 rings (SSSR count). The van der Waals surface area contributed by atoms with Crippen molar-refractivity contribution in [2.75, 3.05) is 10.8 Å². The first kappa shape index (κ1) is 26.0. The van der Waals surface area contributed by atoms with Crippen LogP contribution in [0.25, 0.3) is 0 Å². The molecule has 9 heteroatoms. The molecule has 34 heavy (non-hydrogen) atoms. The summed E-state index contributed by atoms with van der Waals surface area (Å²) in [7, 11) is 0. The quantitative estimate of drug-likeness (QED) is 0.0763. The summed E-state index contributed by atoms with van der Waals surface area (Å²) < 4.78 is 2.17. The summed E-state index contributed by atoms with van der Waals surface area (Å²) in [6.07, 6.45) is 2.59. The summed E-state index contributed by atoms with van der Waals surface area (Å²) in [5, 5.41) is 23.3. The van der Waals surface area contributed by atoms with Gasteiger partial charge in [-0.1, -0.05) is 58.8 Å². The van der Waals surface area contributed by atoms with E-state index in [1.165, 1.54) is 10.6 Å². The van der Waals surface area contributed by atoms with Crippen LogP contribution in [0.15, 0.2) is 76.8 Å². The predicted molar refractivity (Wildman–Crippen MR) is 141 cm³/mol. The van der Waals surface area contributed by atoms with Crippen LogP contribution in [0, 0.1) is 10.9 Å². The molecule has 0 aliphatic carbocycles. The fourth-order valence-electron chi connectivity index (χ4n) is 3.69. The maximum atomic E-state index is 10.0. The van der Waals surface area contributed by atoms with Gasteiger partial charge in [-0.15, -0.1) is 0 Å². The second kappa shape index (κ2) is 12.8. The smallest absolute Gasteiger partial charge is 0.105 e. The van der Waals surface area contributed by atoms with E-state index in [2.05, 4.69) is 28.6 Å². The van der Waals surface area contributed by atoms with Crippen LogP contribution in [0.4, 0.5) is 5.69 Å². The summed E-state index contributed by atoms with van der Waals surface area (Å²) >= 11 is 14.0. The number of nitrogens with one attached hydrogen (secondary N) is 2. The number of anilines is 1. The van der Waals surface area contributed by atoms with E-state index in [1.807, 2.05) is 48.5 Å². The van der Waals surface area contributed by atoms with Crippen LogP contribution in [-0.4, -0.2) is 23.0 Å². The Labute approximate surface area is 214 Å². The van der Waals surface area contributed by atoms with Crippen molar-refractivity contribution in [1.29, 1.82) is 10.9 Å². The Hall–Kier alpha value is -2.58. The number of benzene rings is 3. The zero-order valence-electron chi connectivity index (χ0n) is 18.8. The van der Waals surface area contributed by atoms with Crippen molar-refractivity contribution < 1.29 is 5.11 Å². The summed E-state index contributed by atoms with van der Waals surface area (Å²) in [5.41, 5.74) is 11.1. The van der Waals surface area contributed by atoms with Crippen LogP contribution in [0.5, 0.6) is 0 Å². The van der Waals surface area contributed by atoms with Crippen LogP contribution in [-0.2, 0) is 13.0 Å². The van der Waals surface area contributed by atoms with E-state index >= 15 is 0 Å². The summed E-state index contributed by atoms with van der Waals surface area (Å²) in [5.74, 6) is 0. The second-order valence-corrected chi connectivity index (χ2v) is 9.59. The molecule has 0 aromatic heterocycles. The molecule has 0 saturated carbocycles. The summed E-state index contributed by atoms with van der Waals surface area (Å²) in [6.45, 7) is 2.53. The minimum atomic E-state index is -0.103. The van der Waals surface area contributed by atoms with Crippen LogP contribution >= 0.6 is 35.1 Å². The van der Waals surface area contributed by atoms with Crippen molar-refractivity contribution in [3.63, 3.8) is 0 Å². The molecule has 0 bridgehead atoms. The molecule has 3 N–H and O–H groups in total. The molecule has 0 radical (unpaired) electrons. The van der Waals surface area contributed by atoms with E-state index in [1.54, 1.807) is 18.0 Å². The number of rotatable bonds is 12. The lowest BCUT2D eigenvalue weighted by molar-refractivity contribution is 0.282. The van der Waals surface area contributed by atoms with Gasteiger partial charge in [-0.25, -0.2) is 5.01 Å². The van der Waals surface area contributed by atoms with Gasteiger partial charge in [0.15, 0.2) is 0 Å². The molecule has 0 aliphatic heterocycles. The molecule has 1 atom stereocenters. The average molecular weight is 516 g/mol. The molecule has 0 aliphatic rings. The zero-order chi connectivity index (χ0) is 24.5. The number of hydrogen-bond acceptors (Lipinski definition) is 6. The molecule has 178 valence electrons. The van der Waals surface area contributed by atoms with Crippen molar-refractivity contribution in [2.24, 2.45) is 5.22 Å². The fourth-order valence-corrected chi connectivity index (χ4v) is 5.01. The van der Waals surface area contributed by atoms with Gasteiger partial charge in [-0.05, 0) is 79.2 Å². The van der Waals surface area contributed by atoms with E-state index in [0.29, 0.717) is 16.6 Å². The predicted octanol–water partition coefficient (Wildman–Crippen LogP) is 7.55. The first-order valence-electron chi connectivity index (χ1n) is 10.8. The Morgan fingerprint density at radius 1 is 1.03 bits per heavy atom. The normalized spacial score (nSPS) is 11.6. The van der Waals surface area contributed by atoms with Crippen molar-refractivity contribution in [3.8, 4) is 0 Å². The van der Waals surface area contributed by atoms with Gasteiger partial charge in [0.1, 0.15) is 6.34 Å². The molecule has 3 aromatic carbocycles. The molecular weight excluding hydrogens is 489 g/mol. The lowest BCUT2D eigenvalue weighted by Crippen LogP contribution is -2.22. The number of nitrogens with zero attached hydrogens (tertiary/aromatic N) is 3. The van der Waals surface area contributed by atoms with Crippen LogP contribution in [0.2, 0.25) is 10.0 Å². The number of hydrogen-bond donors (Lipinski definition) is 3. The van der Waals surface area contributed by atoms with Crippen LogP contribution < -0.4 is 4.31 Å². The lowest BCUT2D eigenvalue weighted by Gasteiger charge is -2.33. The lowest BCUT2D eigenvalue weighted by atomic mass is 9.97. The first-order valence-corrected chi connectivity index (χ1v) is 12.3. The van der Waals surface area contributed by atoms with Crippen molar-refractivity contribution in [3.05, 3.63) is 93.5 Å². The van der Waals surface area contributed by atoms with Gasteiger partial charge < -0.3 is 9.41 Å². The second-order valence-electron chi connectivity index (χ2n) is 7.67. The summed E-state index contributed by atoms with van der Waals surface area (Å²) in [4.78, 5) is 1.01. The molecule has 0 spiro atoms. The SMILES string of the molecule is CC(c1ccccc1CCCN(C=N)N=N)N(Sc1ccc(Cl)cc1)c1cc(Cl)ccc1CO. The van der Waals surface area contributed by atoms with E-state index in [4.69, 9.17) is 34.1 Å². The number of aryl methyl sites for hydroxylation is 1. The monoisotopic (exact) mass is 515 g/mol. The van der Waals surface area contributed by atoms with Gasteiger partial charge in [-0.3, -0.25) is 5.41 Å². The van der Waals surface area contributed by atoms with Gasteiger partial charge >= 0.3 is 0 Å². The summed E-state index contributed by atoms with van der Waals surface area (Å²) in [6, 6.07) is 21.4. The number of aliphatic hydroxyl groups excluding tert-OH is 1. The third-order valence-corrected chi connectivity index (χ3v) is 7.12. The molecular formula is C25H27Cl2N5OS. The maximum Gasteiger partial charge on any atom is 0.105 e. The van der Waals surface area contributed by atoms with Crippen LogP contribution in [0.1, 0.15) is 36.1 Å². The number of aliphatic hydroxyl groups is 1. The zero-order valence-corrected chi connectivity index (χ0v) is 21.1. The molecule has 0 heterocycles. The van der Waals surface area contributed by atoms with E-state index in [0.717, 1.165) is 40.9 Å². The van der Waals surface area contributed by atoms with Gasteiger partial charge in [0, 0.05) is 27.0 Å². The molecule has 0 amide bonds. The highest BCUT2D eigenvalue weighted by Gasteiger charge is 2.23. The first-order chi connectivity index (χ1) is 16.5. The molecule has 3 aromatic rings. The highest BCUT2D eigenvalue weighted by Crippen LogP contribution is 2.41. The van der Waals surface area contributed by atoms with Gasteiger partial charge in [0.25, 0.3) is 0 Å². The average Bonchev–Trinajstić information content (AvgIpc) is 2.86. The Morgan fingerprint density at radius 3 is 2.41 bits per heavy atom.